The van der Waals surface area contributed by atoms with Crippen molar-refractivity contribution in [1.82, 2.24) is 0 Å². The molecule has 0 aliphatic heterocycles. The zero-order chi connectivity index (χ0) is 6.43. The van der Waals surface area contributed by atoms with Crippen molar-refractivity contribution in [3.8, 4) is 0 Å². The quantitative estimate of drug-likeness (QED) is 0.521. The van der Waals surface area contributed by atoms with Crippen LogP contribution in [-0.4, -0.2) is 17.2 Å². The third-order valence-electron chi connectivity index (χ3n) is 2.50. The molecule has 2 N–H and O–H groups in total. The summed E-state index contributed by atoms with van der Waals surface area (Å²) < 4.78 is 0. The maximum absolute atomic E-state index is 8.69. The predicted molar refractivity (Wildman–Crippen MR) is 34.8 cm³/mol. The maximum Gasteiger partial charge on any atom is 0.455 e. The van der Waals surface area contributed by atoms with Gasteiger partial charge in [0.25, 0.3) is 0 Å². The molecule has 0 aromatic heterocycles. The summed E-state index contributed by atoms with van der Waals surface area (Å²) in [5, 5.41) is 17.4. The van der Waals surface area contributed by atoms with E-state index < -0.39 is 7.12 Å². The van der Waals surface area contributed by atoms with Crippen molar-refractivity contribution >= 4 is 7.12 Å². The van der Waals surface area contributed by atoms with Crippen molar-refractivity contribution in [1.29, 1.82) is 0 Å². The largest absolute Gasteiger partial charge is 0.455 e. The second kappa shape index (κ2) is 1.73. The summed E-state index contributed by atoms with van der Waals surface area (Å²) in [6.07, 6.45) is 3.71. The van der Waals surface area contributed by atoms with E-state index in [2.05, 4.69) is 0 Å². The minimum atomic E-state index is -1.03. The van der Waals surface area contributed by atoms with Crippen LogP contribution in [0, 0.1) is 11.8 Å². The van der Waals surface area contributed by atoms with Gasteiger partial charge in [0.05, 0.1) is 0 Å². The molecular formula is C6H11BO2. The van der Waals surface area contributed by atoms with Crippen molar-refractivity contribution in [3.63, 3.8) is 0 Å². The fourth-order valence-corrected chi connectivity index (χ4v) is 1.64. The molecule has 2 nitrogen and oxygen atoms in total. The molecule has 2 aliphatic rings. The topological polar surface area (TPSA) is 40.5 Å². The zero-order valence-corrected chi connectivity index (χ0v) is 5.33. The van der Waals surface area contributed by atoms with Crippen LogP contribution < -0.4 is 0 Å². The van der Waals surface area contributed by atoms with Crippen LogP contribution >= 0.6 is 0 Å². The highest BCUT2D eigenvalue weighted by Crippen LogP contribution is 2.58. The van der Waals surface area contributed by atoms with E-state index in [0.717, 1.165) is 12.3 Å². The summed E-state index contributed by atoms with van der Waals surface area (Å²) in [5.41, 5.74) is 0. The van der Waals surface area contributed by atoms with Gasteiger partial charge in [0.15, 0.2) is 0 Å². The van der Waals surface area contributed by atoms with Crippen molar-refractivity contribution < 1.29 is 10.0 Å². The molecule has 0 bridgehead atoms. The Morgan fingerprint density at radius 1 is 1.22 bits per heavy atom. The lowest BCUT2D eigenvalue weighted by Gasteiger charge is -1.92. The molecule has 2 fully saturated rings. The van der Waals surface area contributed by atoms with E-state index in [1.807, 2.05) is 0 Å². The second-order valence-corrected chi connectivity index (χ2v) is 3.31. The molecule has 0 radical (unpaired) electrons. The SMILES string of the molecule is OB(O)[C@@H]1C[C@H]1C1CC1. The summed E-state index contributed by atoms with van der Waals surface area (Å²) in [6.45, 7) is 0. The van der Waals surface area contributed by atoms with E-state index in [4.69, 9.17) is 10.0 Å². The van der Waals surface area contributed by atoms with Gasteiger partial charge in [-0.1, -0.05) is 0 Å². The summed E-state index contributed by atoms with van der Waals surface area (Å²) in [6, 6.07) is 0. The lowest BCUT2D eigenvalue weighted by molar-refractivity contribution is 0.398. The van der Waals surface area contributed by atoms with Gasteiger partial charge in [0.2, 0.25) is 0 Å². The average molecular weight is 126 g/mol. The molecule has 3 heteroatoms. The Morgan fingerprint density at radius 3 is 2.22 bits per heavy atom. The molecule has 2 aliphatic carbocycles. The number of hydrogen-bond donors (Lipinski definition) is 2. The monoisotopic (exact) mass is 126 g/mol. The zero-order valence-electron chi connectivity index (χ0n) is 5.33. The highest BCUT2D eigenvalue weighted by molar-refractivity contribution is 6.44. The van der Waals surface area contributed by atoms with Crippen LogP contribution in [0.4, 0.5) is 0 Å². The fourth-order valence-electron chi connectivity index (χ4n) is 1.64. The van der Waals surface area contributed by atoms with Gasteiger partial charge in [-0.3, -0.25) is 0 Å². The van der Waals surface area contributed by atoms with Crippen LogP contribution in [0.5, 0.6) is 0 Å². The summed E-state index contributed by atoms with van der Waals surface area (Å²) in [5.74, 6) is 1.76. The molecule has 0 aromatic carbocycles. The average Bonchev–Trinajstić information content (AvgIpc) is 2.60. The molecule has 2 atom stereocenters. The normalized spacial score (nSPS) is 40.7. The summed E-state index contributed by atoms with van der Waals surface area (Å²) in [7, 11) is -1.03. The Kier molecular flexibility index (Phi) is 1.11. The first-order valence-corrected chi connectivity index (χ1v) is 3.65. The number of rotatable bonds is 2. The van der Waals surface area contributed by atoms with Crippen molar-refractivity contribution in [2.24, 2.45) is 11.8 Å². The van der Waals surface area contributed by atoms with E-state index in [0.29, 0.717) is 5.92 Å². The van der Waals surface area contributed by atoms with Gasteiger partial charge in [-0.25, -0.2) is 0 Å². The third-order valence-corrected chi connectivity index (χ3v) is 2.50. The Morgan fingerprint density at radius 2 is 1.89 bits per heavy atom. The minimum Gasteiger partial charge on any atom is -0.427 e. The molecule has 0 unspecified atom stereocenters. The molecule has 9 heavy (non-hydrogen) atoms. The van der Waals surface area contributed by atoms with E-state index in [9.17, 15) is 0 Å². The van der Waals surface area contributed by atoms with Crippen LogP contribution in [0.1, 0.15) is 19.3 Å². The summed E-state index contributed by atoms with van der Waals surface area (Å²) in [4.78, 5) is 0. The first-order valence-electron chi connectivity index (χ1n) is 3.65. The van der Waals surface area contributed by atoms with Crippen molar-refractivity contribution in [2.45, 2.75) is 25.1 Å². The van der Waals surface area contributed by atoms with Crippen LogP contribution in [0.25, 0.3) is 0 Å². The molecule has 0 saturated heterocycles. The van der Waals surface area contributed by atoms with Gasteiger partial charge in [-0.05, 0) is 36.9 Å². The summed E-state index contributed by atoms with van der Waals surface area (Å²) >= 11 is 0. The highest BCUT2D eigenvalue weighted by atomic mass is 16.4. The van der Waals surface area contributed by atoms with Gasteiger partial charge >= 0.3 is 7.12 Å². The van der Waals surface area contributed by atoms with Gasteiger partial charge in [-0.2, -0.15) is 0 Å². The molecule has 0 spiro atoms. The van der Waals surface area contributed by atoms with Gasteiger partial charge in [0.1, 0.15) is 0 Å². The molecule has 2 rings (SSSR count). The standard InChI is InChI=1S/C6H11BO2/c8-7(9)6-3-5(6)4-1-2-4/h4-6,8-9H,1-3H2/t5-,6+/m0/s1. The molecule has 2 saturated carbocycles. The molecule has 0 heterocycles. The van der Waals surface area contributed by atoms with Gasteiger partial charge in [-0.15, -0.1) is 0 Å². The van der Waals surface area contributed by atoms with E-state index in [1.165, 1.54) is 12.8 Å². The van der Waals surface area contributed by atoms with Crippen LogP contribution in [0.15, 0.2) is 0 Å². The Labute approximate surface area is 55.0 Å². The van der Waals surface area contributed by atoms with Crippen LogP contribution in [0.3, 0.4) is 0 Å². The molecule has 0 aromatic rings. The first-order chi connectivity index (χ1) is 4.29. The third kappa shape index (κ3) is 0.991. The van der Waals surface area contributed by atoms with E-state index in [-0.39, 0.29) is 5.82 Å². The maximum atomic E-state index is 8.69. The molecule has 50 valence electrons. The fraction of sp³-hybridized carbons (Fsp3) is 1.00. The minimum absolute atomic E-state index is 0.234. The van der Waals surface area contributed by atoms with Crippen LogP contribution in [0.2, 0.25) is 5.82 Å². The first kappa shape index (κ1) is 5.75. The van der Waals surface area contributed by atoms with Crippen molar-refractivity contribution in [2.75, 3.05) is 0 Å². The number of hydrogen-bond acceptors (Lipinski definition) is 2. The highest BCUT2D eigenvalue weighted by Gasteiger charge is 2.52. The Bertz CT molecular complexity index is 116. The lowest BCUT2D eigenvalue weighted by Crippen LogP contribution is -2.11. The van der Waals surface area contributed by atoms with E-state index >= 15 is 0 Å². The second-order valence-electron chi connectivity index (χ2n) is 3.31. The van der Waals surface area contributed by atoms with Gasteiger partial charge in [0, 0.05) is 0 Å². The molecule has 0 amide bonds. The lowest BCUT2D eigenvalue weighted by atomic mass is 9.81. The Balaban J connectivity index is 1.81. The van der Waals surface area contributed by atoms with Crippen LogP contribution in [-0.2, 0) is 0 Å². The molecular weight excluding hydrogens is 115 g/mol. The predicted octanol–water partition coefficient (Wildman–Crippen LogP) is 0.259. The van der Waals surface area contributed by atoms with Gasteiger partial charge < -0.3 is 10.0 Å². The van der Waals surface area contributed by atoms with E-state index in [1.54, 1.807) is 0 Å². The Hall–Kier alpha value is -0.0151. The van der Waals surface area contributed by atoms with Crippen molar-refractivity contribution in [3.05, 3.63) is 0 Å². The smallest absolute Gasteiger partial charge is 0.427 e.